The summed E-state index contributed by atoms with van der Waals surface area (Å²) in [7, 11) is 0. The second-order valence-electron chi connectivity index (χ2n) is 5.78. The van der Waals surface area contributed by atoms with Gasteiger partial charge in [0.2, 0.25) is 0 Å². The van der Waals surface area contributed by atoms with Crippen molar-refractivity contribution in [3.63, 3.8) is 0 Å². The average Bonchev–Trinajstić information content (AvgIpc) is 2.55. The maximum absolute atomic E-state index is 12.4. The van der Waals surface area contributed by atoms with E-state index in [0.29, 0.717) is 13.0 Å². The summed E-state index contributed by atoms with van der Waals surface area (Å²) in [6.07, 6.45) is -8.26. The summed E-state index contributed by atoms with van der Waals surface area (Å²) in [5.41, 5.74) is 5.36. The summed E-state index contributed by atoms with van der Waals surface area (Å²) in [5.74, 6) is -2.29. The van der Waals surface area contributed by atoms with Crippen LogP contribution in [-0.4, -0.2) is 77.8 Å². The molecule has 0 aromatic carbocycles. The van der Waals surface area contributed by atoms with E-state index in [1.807, 2.05) is 0 Å². The number of halogens is 3. The quantitative estimate of drug-likeness (QED) is 0.327. The van der Waals surface area contributed by atoms with Crippen LogP contribution >= 0.6 is 0 Å². The Kier molecular flexibility index (Phi) is 9.03. The maximum Gasteiger partial charge on any atom is 0.471 e. The molecule has 1 rings (SSSR count). The van der Waals surface area contributed by atoms with Crippen LogP contribution in [0.2, 0.25) is 0 Å². The van der Waals surface area contributed by atoms with E-state index in [1.165, 1.54) is 0 Å². The Hall–Kier alpha value is -0.980. The second kappa shape index (κ2) is 10.2. The molecule has 11 heteroatoms. The molecule has 0 aromatic rings. The highest BCUT2D eigenvalue weighted by molar-refractivity contribution is 5.82. The van der Waals surface area contributed by atoms with Gasteiger partial charge < -0.3 is 35.8 Å². The molecule has 1 aliphatic heterocycles. The highest BCUT2D eigenvalue weighted by atomic mass is 19.4. The number of carbonyl (C=O) groups excluding carboxylic acids is 1. The number of amides is 1. The van der Waals surface area contributed by atoms with E-state index >= 15 is 0 Å². The predicted octanol–water partition coefficient (Wildman–Crippen LogP) is -0.992. The molecule has 1 heterocycles. The minimum Gasteiger partial charge on any atom is -0.394 e. The summed E-state index contributed by atoms with van der Waals surface area (Å²) in [5, 5.41) is 30.5. The zero-order chi connectivity index (χ0) is 19.0. The number of aliphatic hydroxyl groups is 3. The number of aliphatic hydroxyl groups excluding tert-OH is 3. The lowest BCUT2D eigenvalue weighted by Crippen LogP contribution is -2.65. The fourth-order valence-corrected chi connectivity index (χ4v) is 2.41. The molecular weight excluding hydrogens is 349 g/mol. The van der Waals surface area contributed by atoms with Crippen LogP contribution in [0.15, 0.2) is 0 Å². The summed E-state index contributed by atoms with van der Waals surface area (Å²) in [6, 6.07) is -1.63. The van der Waals surface area contributed by atoms with Gasteiger partial charge in [0.05, 0.1) is 6.61 Å². The largest absolute Gasteiger partial charge is 0.471 e. The maximum atomic E-state index is 12.4. The number of hydrogen-bond acceptors (Lipinski definition) is 7. The number of nitrogens with two attached hydrogens (primary N) is 1. The minimum absolute atomic E-state index is 0.106. The van der Waals surface area contributed by atoms with E-state index in [1.54, 1.807) is 5.32 Å². The Labute approximate surface area is 143 Å². The van der Waals surface area contributed by atoms with Crippen LogP contribution in [0.5, 0.6) is 0 Å². The molecule has 6 N–H and O–H groups in total. The molecule has 0 spiro atoms. The first-order valence-electron chi connectivity index (χ1n) is 8.04. The Morgan fingerprint density at radius 3 is 2.36 bits per heavy atom. The van der Waals surface area contributed by atoms with Crippen molar-refractivity contribution >= 4 is 5.91 Å². The molecule has 0 saturated carbocycles. The van der Waals surface area contributed by atoms with Crippen molar-refractivity contribution in [2.75, 3.05) is 19.8 Å². The van der Waals surface area contributed by atoms with Crippen LogP contribution in [-0.2, 0) is 14.3 Å². The fourth-order valence-electron chi connectivity index (χ4n) is 2.41. The monoisotopic (exact) mass is 374 g/mol. The van der Waals surface area contributed by atoms with E-state index < -0.39 is 49.3 Å². The normalized spacial score (nSPS) is 30.3. The first-order valence-corrected chi connectivity index (χ1v) is 8.04. The van der Waals surface area contributed by atoms with Crippen LogP contribution in [0.1, 0.15) is 25.7 Å². The van der Waals surface area contributed by atoms with Crippen molar-refractivity contribution < 1.29 is 42.8 Å². The molecule has 0 aromatic heterocycles. The molecule has 1 aliphatic rings. The van der Waals surface area contributed by atoms with Gasteiger partial charge in [-0.05, 0) is 19.4 Å². The van der Waals surface area contributed by atoms with Gasteiger partial charge in [0.15, 0.2) is 6.29 Å². The number of nitrogens with one attached hydrogen (secondary N) is 1. The van der Waals surface area contributed by atoms with Crippen LogP contribution in [0.4, 0.5) is 13.2 Å². The fraction of sp³-hybridized carbons (Fsp3) is 0.929. The SMILES string of the molecule is NCCCCCCOC1OC(CO)C(O)C(O)C1NC(=O)C(F)(F)F. The summed E-state index contributed by atoms with van der Waals surface area (Å²) in [6.45, 7) is -0.0104. The predicted molar refractivity (Wildman–Crippen MR) is 79.2 cm³/mol. The van der Waals surface area contributed by atoms with Crippen LogP contribution in [0.3, 0.4) is 0 Å². The number of carbonyl (C=O) groups is 1. The number of hydrogen-bond donors (Lipinski definition) is 5. The number of alkyl halides is 3. The number of unbranched alkanes of at least 4 members (excludes halogenated alkanes) is 3. The summed E-state index contributed by atoms with van der Waals surface area (Å²) < 4.78 is 47.8. The van der Waals surface area contributed by atoms with Crippen LogP contribution < -0.4 is 11.1 Å². The van der Waals surface area contributed by atoms with Crippen molar-refractivity contribution in [3.05, 3.63) is 0 Å². The Balaban J connectivity index is 2.67. The van der Waals surface area contributed by atoms with E-state index in [2.05, 4.69) is 0 Å². The minimum atomic E-state index is -5.16. The zero-order valence-electron chi connectivity index (χ0n) is 13.6. The molecule has 1 fully saturated rings. The molecule has 0 aliphatic carbocycles. The molecule has 1 amide bonds. The van der Waals surface area contributed by atoms with Gasteiger partial charge in [0.25, 0.3) is 0 Å². The molecule has 0 bridgehead atoms. The molecule has 5 atom stereocenters. The first-order chi connectivity index (χ1) is 11.7. The van der Waals surface area contributed by atoms with Gasteiger partial charge in [-0.25, -0.2) is 0 Å². The lowest BCUT2D eigenvalue weighted by atomic mass is 9.97. The van der Waals surface area contributed by atoms with Crippen LogP contribution in [0, 0.1) is 0 Å². The summed E-state index contributed by atoms with van der Waals surface area (Å²) >= 11 is 0. The highest BCUT2D eigenvalue weighted by Gasteiger charge is 2.49. The summed E-state index contributed by atoms with van der Waals surface area (Å²) in [4.78, 5) is 11.1. The smallest absolute Gasteiger partial charge is 0.394 e. The van der Waals surface area contributed by atoms with Gasteiger partial charge in [-0.15, -0.1) is 0 Å². The van der Waals surface area contributed by atoms with E-state index in [4.69, 9.17) is 20.3 Å². The third-order valence-electron chi connectivity index (χ3n) is 3.82. The Morgan fingerprint density at radius 2 is 1.80 bits per heavy atom. The molecule has 5 unspecified atom stereocenters. The second-order valence-corrected chi connectivity index (χ2v) is 5.78. The molecule has 8 nitrogen and oxygen atoms in total. The lowest BCUT2D eigenvalue weighted by Gasteiger charge is -2.42. The van der Waals surface area contributed by atoms with Crippen molar-refractivity contribution in [1.82, 2.24) is 5.32 Å². The Bertz CT molecular complexity index is 413. The molecule has 25 heavy (non-hydrogen) atoms. The standard InChI is InChI=1S/C14H25F3N2O6/c15-14(16,17)13(23)19-9-11(22)10(21)8(7-20)25-12(9)24-6-4-2-1-3-5-18/h8-12,20-22H,1-7,18H2,(H,19,23). The van der Waals surface area contributed by atoms with Crippen molar-refractivity contribution in [2.45, 2.75) is 62.5 Å². The van der Waals surface area contributed by atoms with Crippen molar-refractivity contribution in [3.8, 4) is 0 Å². The van der Waals surface area contributed by atoms with Crippen LogP contribution in [0.25, 0.3) is 0 Å². The Morgan fingerprint density at radius 1 is 1.16 bits per heavy atom. The van der Waals surface area contributed by atoms with Gasteiger partial charge in [-0.3, -0.25) is 4.79 Å². The van der Waals surface area contributed by atoms with Gasteiger partial charge in [-0.1, -0.05) is 12.8 Å². The first kappa shape index (κ1) is 22.1. The lowest BCUT2D eigenvalue weighted by molar-refractivity contribution is -0.272. The third-order valence-corrected chi connectivity index (χ3v) is 3.82. The molecule has 148 valence electrons. The van der Waals surface area contributed by atoms with Gasteiger partial charge in [0, 0.05) is 6.61 Å². The van der Waals surface area contributed by atoms with Gasteiger partial charge >= 0.3 is 12.1 Å². The molecule has 1 saturated heterocycles. The third kappa shape index (κ3) is 6.68. The van der Waals surface area contributed by atoms with E-state index in [-0.39, 0.29) is 6.61 Å². The van der Waals surface area contributed by atoms with Gasteiger partial charge in [0.1, 0.15) is 24.4 Å². The number of ether oxygens (including phenoxy) is 2. The van der Waals surface area contributed by atoms with Crippen molar-refractivity contribution in [1.29, 1.82) is 0 Å². The van der Waals surface area contributed by atoms with Crippen molar-refractivity contribution in [2.24, 2.45) is 5.73 Å². The average molecular weight is 374 g/mol. The van der Waals surface area contributed by atoms with E-state index in [9.17, 15) is 28.2 Å². The molecule has 0 radical (unpaired) electrons. The number of rotatable bonds is 9. The highest BCUT2D eigenvalue weighted by Crippen LogP contribution is 2.24. The van der Waals surface area contributed by atoms with E-state index in [0.717, 1.165) is 19.3 Å². The molecular formula is C14H25F3N2O6. The topological polar surface area (TPSA) is 134 Å². The zero-order valence-corrected chi connectivity index (χ0v) is 13.6. The van der Waals surface area contributed by atoms with Gasteiger partial charge in [-0.2, -0.15) is 13.2 Å².